The Morgan fingerprint density at radius 1 is 1.48 bits per heavy atom. The van der Waals surface area contributed by atoms with Gasteiger partial charge in [-0.2, -0.15) is 11.8 Å². The van der Waals surface area contributed by atoms with Gasteiger partial charge in [-0.1, -0.05) is 19.8 Å². The summed E-state index contributed by atoms with van der Waals surface area (Å²) < 4.78 is 5.16. The first-order valence-electron chi connectivity index (χ1n) is 8.42. The zero-order chi connectivity index (χ0) is 15.7. The zero-order valence-electron chi connectivity index (χ0n) is 14.8. The van der Waals surface area contributed by atoms with E-state index in [0.717, 1.165) is 25.6 Å². The summed E-state index contributed by atoms with van der Waals surface area (Å²) in [5.41, 5.74) is 0.451. The van der Waals surface area contributed by atoms with Crippen molar-refractivity contribution < 1.29 is 4.74 Å². The zero-order valence-corrected chi connectivity index (χ0v) is 15.6. The number of hydrogen-bond donors (Lipinski definition) is 1. The number of hydrogen-bond acceptors (Lipinski definition) is 4. The molecule has 0 heterocycles. The maximum Gasteiger partial charge on any atom is 0.0587 e. The Kier molecular flexibility index (Phi) is 9.26. The lowest BCUT2D eigenvalue weighted by Gasteiger charge is -2.44. The summed E-state index contributed by atoms with van der Waals surface area (Å²) in [7, 11) is 4.08. The van der Waals surface area contributed by atoms with Gasteiger partial charge in [0.1, 0.15) is 0 Å². The van der Waals surface area contributed by atoms with Crippen LogP contribution in [0.1, 0.15) is 39.5 Å². The van der Waals surface area contributed by atoms with Crippen molar-refractivity contribution in [2.45, 2.75) is 45.6 Å². The van der Waals surface area contributed by atoms with Crippen molar-refractivity contribution >= 4 is 11.8 Å². The van der Waals surface area contributed by atoms with Gasteiger partial charge in [-0.25, -0.2) is 0 Å². The molecule has 126 valence electrons. The van der Waals surface area contributed by atoms with Gasteiger partial charge in [-0.05, 0) is 44.4 Å². The van der Waals surface area contributed by atoms with E-state index >= 15 is 0 Å². The Hall–Kier alpha value is 0.230. The van der Waals surface area contributed by atoms with Crippen molar-refractivity contribution in [3.8, 4) is 0 Å². The number of rotatable bonds is 10. The molecule has 21 heavy (non-hydrogen) atoms. The Bertz CT molecular complexity index is 278. The van der Waals surface area contributed by atoms with Crippen molar-refractivity contribution in [3.63, 3.8) is 0 Å². The highest BCUT2D eigenvalue weighted by Crippen LogP contribution is 2.39. The third-order valence-electron chi connectivity index (χ3n) is 4.91. The normalized spacial score (nSPS) is 28.0. The summed E-state index contributed by atoms with van der Waals surface area (Å²) in [6.45, 7) is 8.92. The SMILES string of the molecule is COCCNCC1(CN(C)C(C)CSC)CCCC(C)C1. The van der Waals surface area contributed by atoms with Crippen LogP contribution in [-0.2, 0) is 4.74 Å². The molecule has 1 aliphatic carbocycles. The lowest BCUT2D eigenvalue weighted by Crippen LogP contribution is -2.48. The van der Waals surface area contributed by atoms with E-state index in [1.54, 1.807) is 7.11 Å². The fourth-order valence-corrected chi connectivity index (χ4v) is 4.45. The molecule has 1 saturated carbocycles. The minimum atomic E-state index is 0.451. The van der Waals surface area contributed by atoms with E-state index < -0.39 is 0 Å². The molecule has 1 aliphatic rings. The average molecular weight is 317 g/mol. The standard InChI is InChI=1S/C17H36N2OS/c1-15-7-6-8-17(11-15,13-18-9-10-20-4)14-19(3)16(2)12-21-5/h15-16,18H,6-14H2,1-5H3. The second-order valence-electron chi connectivity index (χ2n) is 7.09. The highest BCUT2D eigenvalue weighted by atomic mass is 32.2. The molecule has 0 bridgehead atoms. The summed E-state index contributed by atoms with van der Waals surface area (Å²) in [5.74, 6) is 2.09. The molecule has 1 fully saturated rings. The Balaban J connectivity index is 2.58. The van der Waals surface area contributed by atoms with Gasteiger partial charge in [0.15, 0.2) is 0 Å². The topological polar surface area (TPSA) is 24.5 Å². The average Bonchev–Trinajstić information content (AvgIpc) is 2.44. The molecule has 0 saturated heterocycles. The molecule has 3 atom stereocenters. The summed E-state index contributed by atoms with van der Waals surface area (Å²) in [4.78, 5) is 2.58. The summed E-state index contributed by atoms with van der Waals surface area (Å²) in [5, 5.41) is 3.64. The maximum absolute atomic E-state index is 5.16. The van der Waals surface area contributed by atoms with Gasteiger partial charge >= 0.3 is 0 Å². The molecule has 0 aliphatic heterocycles. The number of nitrogens with zero attached hydrogens (tertiary/aromatic N) is 1. The predicted octanol–water partition coefficient (Wildman–Crippen LogP) is 3.10. The molecule has 0 aromatic heterocycles. The van der Waals surface area contributed by atoms with Gasteiger partial charge < -0.3 is 15.0 Å². The molecule has 0 amide bonds. The minimum Gasteiger partial charge on any atom is -0.383 e. The van der Waals surface area contributed by atoms with Crippen LogP contribution in [0.3, 0.4) is 0 Å². The summed E-state index contributed by atoms with van der Waals surface area (Å²) in [6, 6.07) is 0.660. The van der Waals surface area contributed by atoms with E-state index in [0.29, 0.717) is 11.5 Å². The molecule has 0 aromatic rings. The van der Waals surface area contributed by atoms with E-state index in [4.69, 9.17) is 4.74 Å². The van der Waals surface area contributed by atoms with Crippen LogP contribution in [0, 0.1) is 11.3 Å². The van der Waals surface area contributed by atoms with Crippen LogP contribution in [0.15, 0.2) is 0 Å². The first kappa shape index (κ1) is 19.3. The van der Waals surface area contributed by atoms with Crippen LogP contribution in [0.2, 0.25) is 0 Å². The molecule has 1 rings (SSSR count). The number of thioether (sulfide) groups is 1. The molecule has 1 N–H and O–H groups in total. The summed E-state index contributed by atoms with van der Waals surface area (Å²) in [6.07, 6.45) is 7.73. The lowest BCUT2D eigenvalue weighted by atomic mass is 9.69. The fourth-order valence-electron chi connectivity index (χ4n) is 3.71. The van der Waals surface area contributed by atoms with Crippen molar-refractivity contribution in [2.75, 3.05) is 52.4 Å². The molecular formula is C17H36N2OS. The second-order valence-corrected chi connectivity index (χ2v) is 8.00. The van der Waals surface area contributed by atoms with Crippen LogP contribution in [0.5, 0.6) is 0 Å². The molecule has 3 unspecified atom stereocenters. The van der Waals surface area contributed by atoms with Crippen LogP contribution in [0.25, 0.3) is 0 Å². The van der Waals surface area contributed by atoms with E-state index in [1.807, 2.05) is 11.8 Å². The van der Waals surface area contributed by atoms with Crippen molar-refractivity contribution in [3.05, 3.63) is 0 Å². The van der Waals surface area contributed by atoms with Crippen LogP contribution < -0.4 is 5.32 Å². The number of nitrogens with one attached hydrogen (secondary N) is 1. The van der Waals surface area contributed by atoms with E-state index in [9.17, 15) is 0 Å². The smallest absolute Gasteiger partial charge is 0.0587 e. The van der Waals surface area contributed by atoms with Gasteiger partial charge in [0, 0.05) is 38.5 Å². The Morgan fingerprint density at radius 2 is 2.24 bits per heavy atom. The monoisotopic (exact) mass is 316 g/mol. The fraction of sp³-hybridized carbons (Fsp3) is 1.00. The van der Waals surface area contributed by atoms with Gasteiger partial charge in [-0.3, -0.25) is 0 Å². The quantitative estimate of drug-likeness (QED) is 0.626. The highest BCUT2D eigenvalue weighted by molar-refractivity contribution is 7.98. The van der Waals surface area contributed by atoms with Gasteiger partial charge in [0.05, 0.1) is 6.61 Å². The van der Waals surface area contributed by atoms with Crippen molar-refractivity contribution in [1.29, 1.82) is 0 Å². The van der Waals surface area contributed by atoms with E-state index in [-0.39, 0.29) is 0 Å². The lowest BCUT2D eigenvalue weighted by molar-refractivity contribution is 0.0777. The third kappa shape index (κ3) is 6.89. The number of methoxy groups -OCH3 is 1. The first-order chi connectivity index (χ1) is 10.0. The Labute approximate surface area is 136 Å². The van der Waals surface area contributed by atoms with Gasteiger partial charge in [-0.15, -0.1) is 0 Å². The molecule has 0 spiro atoms. The third-order valence-corrected chi connectivity index (χ3v) is 5.73. The van der Waals surface area contributed by atoms with Crippen LogP contribution >= 0.6 is 11.8 Å². The van der Waals surface area contributed by atoms with Crippen molar-refractivity contribution in [1.82, 2.24) is 10.2 Å². The molecule has 0 aromatic carbocycles. The largest absolute Gasteiger partial charge is 0.383 e. The Morgan fingerprint density at radius 3 is 2.86 bits per heavy atom. The molecular weight excluding hydrogens is 280 g/mol. The predicted molar refractivity (Wildman–Crippen MR) is 95.3 cm³/mol. The van der Waals surface area contributed by atoms with Crippen molar-refractivity contribution in [2.24, 2.45) is 11.3 Å². The van der Waals surface area contributed by atoms with Crippen LogP contribution in [-0.4, -0.2) is 63.3 Å². The molecule has 4 heteroatoms. The second kappa shape index (κ2) is 10.1. The molecule has 0 radical (unpaired) electrons. The van der Waals surface area contributed by atoms with Crippen LogP contribution in [0.4, 0.5) is 0 Å². The van der Waals surface area contributed by atoms with E-state index in [2.05, 4.69) is 37.4 Å². The minimum absolute atomic E-state index is 0.451. The van der Waals surface area contributed by atoms with Gasteiger partial charge in [0.25, 0.3) is 0 Å². The highest BCUT2D eigenvalue weighted by Gasteiger charge is 2.36. The summed E-state index contributed by atoms with van der Waals surface area (Å²) >= 11 is 1.95. The van der Waals surface area contributed by atoms with Gasteiger partial charge in [0.2, 0.25) is 0 Å². The maximum atomic E-state index is 5.16. The number of ether oxygens (including phenoxy) is 1. The molecule has 3 nitrogen and oxygen atoms in total. The first-order valence-corrected chi connectivity index (χ1v) is 9.81. The van der Waals surface area contributed by atoms with E-state index in [1.165, 1.54) is 38.0 Å².